The summed E-state index contributed by atoms with van der Waals surface area (Å²) in [6.07, 6.45) is 2.64. The maximum atomic E-state index is 12.0. The maximum absolute atomic E-state index is 12.0. The number of amides is 1. The molecule has 0 aromatic carbocycles. The van der Waals surface area contributed by atoms with E-state index in [0.29, 0.717) is 0 Å². The Morgan fingerprint density at radius 3 is 2.68 bits per heavy atom. The van der Waals surface area contributed by atoms with E-state index in [0.717, 1.165) is 12.1 Å². The highest BCUT2D eigenvalue weighted by atomic mass is 16.5. The first kappa shape index (κ1) is 14.1. The minimum absolute atomic E-state index is 0.0255. The summed E-state index contributed by atoms with van der Waals surface area (Å²) in [6.45, 7) is 10.3. The number of nitrogens with one attached hydrogen (secondary N) is 1. The van der Waals surface area contributed by atoms with Crippen LogP contribution in [0.1, 0.15) is 39.8 Å². The van der Waals surface area contributed by atoms with Crippen molar-refractivity contribution in [3.8, 4) is 0 Å². The molecule has 0 saturated carbocycles. The zero-order chi connectivity index (χ0) is 14.3. The molecule has 1 aliphatic rings. The van der Waals surface area contributed by atoms with Crippen molar-refractivity contribution in [2.45, 2.75) is 64.8 Å². The maximum Gasteiger partial charge on any atom is 0.242 e. The Morgan fingerprint density at radius 1 is 1.53 bits per heavy atom. The first-order valence-electron chi connectivity index (χ1n) is 6.68. The lowest BCUT2D eigenvalue weighted by atomic mass is 9.94. The number of aryl methyl sites for hydroxylation is 1. The van der Waals surface area contributed by atoms with Crippen molar-refractivity contribution in [1.82, 2.24) is 15.1 Å². The first-order chi connectivity index (χ1) is 8.68. The molecule has 1 N–H and O–H groups in total. The van der Waals surface area contributed by atoms with E-state index in [4.69, 9.17) is 4.74 Å². The molecule has 1 saturated heterocycles. The molecule has 5 nitrogen and oxygen atoms in total. The van der Waals surface area contributed by atoms with Crippen LogP contribution in [0, 0.1) is 6.92 Å². The average molecular weight is 265 g/mol. The van der Waals surface area contributed by atoms with Crippen molar-refractivity contribution in [3.05, 3.63) is 18.0 Å². The quantitative estimate of drug-likeness (QED) is 0.904. The number of hydrogen-bond donors (Lipinski definition) is 1. The van der Waals surface area contributed by atoms with Gasteiger partial charge >= 0.3 is 0 Å². The van der Waals surface area contributed by atoms with E-state index in [1.807, 2.05) is 33.0 Å². The summed E-state index contributed by atoms with van der Waals surface area (Å²) < 4.78 is 7.62. The van der Waals surface area contributed by atoms with E-state index in [-0.39, 0.29) is 29.7 Å². The van der Waals surface area contributed by atoms with Gasteiger partial charge in [0.05, 0.1) is 22.9 Å². The monoisotopic (exact) mass is 265 g/mol. The fraction of sp³-hybridized carbons (Fsp3) is 0.714. The zero-order valence-corrected chi connectivity index (χ0v) is 12.4. The highest BCUT2D eigenvalue weighted by molar-refractivity contribution is 5.76. The summed E-state index contributed by atoms with van der Waals surface area (Å²) in [6, 6.07) is 1.92. The van der Waals surface area contributed by atoms with E-state index >= 15 is 0 Å². The predicted octanol–water partition coefficient (Wildman–Crippen LogP) is 1.65. The lowest BCUT2D eigenvalue weighted by molar-refractivity contribution is -0.124. The normalized spacial score (nSPS) is 24.4. The summed E-state index contributed by atoms with van der Waals surface area (Å²) in [5, 5.41) is 7.27. The molecule has 0 spiro atoms. The molecule has 2 rings (SSSR count). The van der Waals surface area contributed by atoms with Gasteiger partial charge in [0.1, 0.15) is 6.54 Å². The van der Waals surface area contributed by atoms with Crippen LogP contribution in [0.5, 0.6) is 0 Å². The smallest absolute Gasteiger partial charge is 0.242 e. The van der Waals surface area contributed by atoms with Gasteiger partial charge in [0.25, 0.3) is 0 Å². The third kappa shape index (κ3) is 3.35. The number of nitrogens with zero attached hydrogens (tertiary/aromatic N) is 2. The van der Waals surface area contributed by atoms with E-state index < -0.39 is 0 Å². The zero-order valence-electron chi connectivity index (χ0n) is 12.4. The van der Waals surface area contributed by atoms with Crippen LogP contribution in [0.15, 0.2) is 12.3 Å². The van der Waals surface area contributed by atoms with Crippen molar-refractivity contribution in [3.63, 3.8) is 0 Å². The highest BCUT2D eigenvalue weighted by Gasteiger charge is 2.46. The second-order valence-corrected chi connectivity index (χ2v) is 6.44. The topological polar surface area (TPSA) is 56.2 Å². The molecule has 1 aliphatic heterocycles. The van der Waals surface area contributed by atoms with Gasteiger partial charge in [0.2, 0.25) is 5.91 Å². The van der Waals surface area contributed by atoms with Gasteiger partial charge in [-0.15, -0.1) is 0 Å². The first-order valence-corrected chi connectivity index (χ1v) is 6.68. The standard InChI is InChI=1S/C14H23N3O2/c1-10-6-7-17(16-10)9-12(18)15-11-8-13(2,3)19-14(11,4)5/h6-7,11H,8-9H2,1-5H3,(H,15,18)/t11-/m0/s1. The van der Waals surface area contributed by atoms with Crippen molar-refractivity contribution < 1.29 is 9.53 Å². The Kier molecular flexibility index (Phi) is 3.43. The minimum atomic E-state index is -0.334. The second-order valence-electron chi connectivity index (χ2n) is 6.44. The Balaban J connectivity index is 1.96. The van der Waals surface area contributed by atoms with Crippen LogP contribution < -0.4 is 5.32 Å². The van der Waals surface area contributed by atoms with E-state index in [1.54, 1.807) is 4.68 Å². The molecule has 2 heterocycles. The fourth-order valence-corrected chi connectivity index (χ4v) is 2.73. The Morgan fingerprint density at radius 2 is 2.21 bits per heavy atom. The van der Waals surface area contributed by atoms with Gasteiger partial charge in [-0.3, -0.25) is 9.48 Å². The largest absolute Gasteiger partial charge is 0.367 e. The molecule has 0 bridgehead atoms. The lowest BCUT2D eigenvalue weighted by Crippen LogP contribution is -2.47. The molecule has 1 aromatic rings. The molecular formula is C14H23N3O2. The van der Waals surface area contributed by atoms with Crippen molar-refractivity contribution in [2.75, 3.05) is 0 Å². The van der Waals surface area contributed by atoms with Gasteiger partial charge in [0, 0.05) is 6.20 Å². The molecule has 19 heavy (non-hydrogen) atoms. The number of carbonyl (C=O) groups excluding carboxylic acids is 1. The van der Waals surface area contributed by atoms with Gasteiger partial charge in [-0.2, -0.15) is 5.10 Å². The van der Waals surface area contributed by atoms with E-state index in [1.165, 1.54) is 0 Å². The Labute approximate surface area is 114 Å². The van der Waals surface area contributed by atoms with Gasteiger partial charge in [-0.05, 0) is 47.1 Å². The molecule has 5 heteroatoms. The molecule has 0 aliphatic carbocycles. The fourth-order valence-electron chi connectivity index (χ4n) is 2.73. The van der Waals surface area contributed by atoms with Crippen LogP contribution in [-0.4, -0.2) is 32.9 Å². The highest BCUT2D eigenvalue weighted by Crippen LogP contribution is 2.37. The molecule has 1 atom stereocenters. The summed E-state index contributed by atoms with van der Waals surface area (Å²) in [5.74, 6) is -0.0255. The third-order valence-electron chi connectivity index (χ3n) is 3.49. The van der Waals surface area contributed by atoms with Crippen LogP contribution in [0.2, 0.25) is 0 Å². The molecule has 106 valence electrons. The van der Waals surface area contributed by atoms with E-state index in [9.17, 15) is 4.79 Å². The number of aromatic nitrogens is 2. The van der Waals surface area contributed by atoms with Crippen LogP contribution in [0.25, 0.3) is 0 Å². The molecular weight excluding hydrogens is 242 g/mol. The minimum Gasteiger partial charge on any atom is -0.367 e. The SMILES string of the molecule is Cc1ccn(CC(=O)N[C@H]2CC(C)(C)OC2(C)C)n1. The van der Waals surface area contributed by atoms with Crippen molar-refractivity contribution in [2.24, 2.45) is 0 Å². The number of carbonyl (C=O) groups is 1. The molecule has 1 fully saturated rings. The number of rotatable bonds is 3. The van der Waals surface area contributed by atoms with Crippen LogP contribution in [0.3, 0.4) is 0 Å². The number of hydrogen-bond acceptors (Lipinski definition) is 3. The Bertz CT molecular complexity index is 477. The van der Waals surface area contributed by atoms with Crippen LogP contribution >= 0.6 is 0 Å². The molecule has 1 aromatic heterocycles. The van der Waals surface area contributed by atoms with Crippen LogP contribution in [-0.2, 0) is 16.1 Å². The van der Waals surface area contributed by atoms with Gasteiger partial charge in [-0.25, -0.2) is 0 Å². The second kappa shape index (κ2) is 4.63. The van der Waals surface area contributed by atoms with Gasteiger partial charge < -0.3 is 10.1 Å². The Hall–Kier alpha value is -1.36. The average Bonchev–Trinajstić information content (AvgIpc) is 2.68. The summed E-state index contributed by atoms with van der Waals surface area (Å²) >= 11 is 0. The van der Waals surface area contributed by atoms with E-state index in [2.05, 4.69) is 24.3 Å². The summed E-state index contributed by atoms with van der Waals surface area (Å²) in [5.41, 5.74) is 0.390. The van der Waals surface area contributed by atoms with Crippen molar-refractivity contribution in [1.29, 1.82) is 0 Å². The molecule has 1 amide bonds. The number of ether oxygens (including phenoxy) is 1. The summed E-state index contributed by atoms with van der Waals surface area (Å²) in [7, 11) is 0. The molecule has 0 unspecified atom stereocenters. The summed E-state index contributed by atoms with van der Waals surface area (Å²) in [4.78, 5) is 12.0. The lowest BCUT2D eigenvalue weighted by Gasteiger charge is -2.27. The van der Waals surface area contributed by atoms with Crippen molar-refractivity contribution >= 4 is 5.91 Å². The van der Waals surface area contributed by atoms with Crippen LogP contribution in [0.4, 0.5) is 0 Å². The van der Waals surface area contributed by atoms with Gasteiger partial charge in [-0.1, -0.05) is 0 Å². The molecule has 0 radical (unpaired) electrons. The third-order valence-corrected chi connectivity index (χ3v) is 3.49. The van der Waals surface area contributed by atoms with Gasteiger partial charge in [0.15, 0.2) is 0 Å². The predicted molar refractivity (Wildman–Crippen MR) is 72.8 cm³/mol.